The zero-order chi connectivity index (χ0) is 29.8. The average molecular weight is 615 g/mol. The number of fused-ring (bicyclic) bond motifs is 1. The van der Waals surface area contributed by atoms with Gasteiger partial charge in [0.25, 0.3) is 0 Å². The van der Waals surface area contributed by atoms with Crippen LogP contribution in [0.1, 0.15) is 61.7 Å². The number of ketones is 1. The first-order valence-corrected chi connectivity index (χ1v) is 15.0. The summed E-state index contributed by atoms with van der Waals surface area (Å²) in [5.74, 6) is -0.243. The van der Waals surface area contributed by atoms with E-state index in [1.54, 1.807) is 32.0 Å². The SMILES string of the molecule is CCOc1cc2c(c(F)c1OCC)C(=N)N(CC(=O)c1cc(NCCNS(C)(=O)=O)c(OC)c(C(C)(C)C)c1)C2.Cl. The van der Waals surface area contributed by atoms with Crippen molar-refractivity contribution in [2.45, 2.75) is 46.6 Å². The van der Waals surface area contributed by atoms with E-state index in [0.29, 0.717) is 29.2 Å². The van der Waals surface area contributed by atoms with Crippen molar-refractivity contribution in [1.29, 1.82) is 5.41 Å². The van der Waals surface area contributed by atoms with Crippen LogP contribution in [0, 0.1) is 11.2 Å². The van der Waals surface area contributed by atoms with E-state index in [4.69, 9.17) is 19.6 Å². The number of sulfonamides is 1. The van der Waals surface area contributed by atoms with Gasteiger partial charge in [0.2, 0.25) is 10.0 Å². The van der Waals surface area contributed by atoms with Crippen LogP contribution in [-0.2, 0) is 22.0 Å². The van der Waals surface area contributed by atoms with Crippen molar-refractivity contribution in [2.75, 3.05) is 51.5 Å². The number of amidine groups is 1. The molecule has 0 aromatic heterocycles. The monoisotopic (exact) mass is 614 g/mol. The summed E-state index contributed by atoms with van der Waals surface area (Å²) in [4.78, 5) is 15.1. The maximum Gasteiger partial charge on any atom is 0.208 e. The van der Waals surface area contributed by atoms with Gasteiger partial charge in [-0.3, -0.25) is 10.2 Å². The molecule has 228 valence electrons. The summed E-state index contributed by atoms with van der Waals surface area (Å²) in [5, 5.41) is 11.8. The second-order valence-electron chi connectivity index (χ2n) is 10.5. The molecule has 1 aliphatic heterocycles. The number of rotatable bonds is 13. The van der Waals surface area contributed by atoms with E-state index >= 15 is 4.39 Å². The van der Waals surface area contributed by atoms with Gasteiger partial charge >= 0.3 is 0 Å². The molecule has 3 N–H and O–H groups in total. The maximum atomic E-state index is 15.4. The number of methoxy groups -OCH3 is 1. The first-order chi connectivity index (χ1) is 18.7. The Morgan fingerprint density at radius 3 is 2.32 bits per heavy atom. The highest BCUT2D eigenvalue weighted by molar-refractivity contribution is 7.88. The Hall–Kier alpha value is -3.09. The Morgan fingerprint density at radius 2 is 1.76 bits per heavy atom. The van der Waals surface area contributed by atoms with E-state index in [1.165, 1.54) is 12.0 Å². The lowest BCUT2D eigenvalue weighted by atomic mass is 9.84. The molecule has 41 heavy (non-hydrogen) atoms. The summed E-state index contributed by atoms with van der Waals surface area (Å²) in [6.45, 7) is 10.5. The Kier molecular flexibility index (Phi) is 11.4. The summed E-state index contributed by atoms with van der Waals surface area (Å²) in [5.41, 5.74) is 1.99. The molecule has 10 nitrogen and oxygen atoms in total. The lowest BCUT2D eigenvalue weighted by Crippen LogP contribution is -2.31. The molecule has 0 atom stereocenters. The minimum Gasteiger partial charge on any atom is -0.494 e. The molecular formula is C28H40ClFN4O6S. The number of anilines is 1. The Balaban J connectivity index is 0.00000588. The maximum absolute atomic E-state index is 15.4. The minimum absolute atomic E-state index is 0. The van der Waals surface area contributed by atoms with Gasteiger partial charge < -0.3 is 24.4 Å². The van der Waals surface area contributed by atoms with Crippen molar-refractivity contribution >= 4 is 39.7 Å². The molecule has 0 spiro atoms. The number of carbonyl (C=O) groups excluding carboxylic acids is 1. The van der Waals surface area contributed by atoms with Gasteiger partial charge in [-0.2, -0.15) is 0 Å². The van der Waals surface area contributed by atoms with Crippen molar-refractivity contribution in [3.8, 4) is 17.2 Å². The number of benzene rings is 2. The van der Waals surface area contributed by atoms with Crippen molar-refractivity contribution in [2.24, 2.45) is 0 Å². The lowest BCUT2D eigenvalue weighted by molar-refractivity contribution is 0.0962. The topological polar surface area (TPSA) is 130 Å². The van der Waals surface area contributed by atoms with Gasteiger partial charge in [0.15, 0.2) is 23.1 Å². The third kappa shape index (κ3) is 8.02. The second-order valence-corrected chi connectivity index (χ2v) is 12.3. The van der Waals surface area contributed by atoms with Crippen molar-refractivity contribution in [3.05, 3.63) is 46.3 Å². The Bertz CT molecular complexity index is 1400. The predicted octanol–water partition coefficient (Wildman–Crippen LogP) is 4.34. The van der Waals surface area contributed by atoms with Crippen LogP contribution in [0.5, 0.6) is 17.2 Å². The zero-order valence-corrected chi connectivity index (χ0v) is 26.2. The van der Waals surface area contributed by atoms with Gasteiger partial charge in [-0.25, -0.2) is 17.5 Å². The normalized spacial score (nSPS) is 13.0. The Labute approximate surface area is 247 Å². The third-order valence-corrected chi connectivity index (χ3v) is 7.06. The van der Waals surface area contributed by atoms with Crippen LogP contribution in [0.2, 0.25) is 0 Å². The summed E-state index contributed by atoms with van der Waals surface area (Å²) in [7, 11) is -1.81. The fourth-order valence-electron chi connectivity index (χ4n) is 4.56. The quantitative estimate of drug-likeness (QED) is 0.224. The van der Waals surface area contributed by atoms with Crippen LogP contribution in [0.25, 0.3) is 0 Å². The van der Waals surface area contributed by atoms with E-state index in [9.17, 15) is 13.2 Å². The number of carbonyl (C=O) groups is 1. The van der Waals surface area contributed by atoms with E-state index in [2.05, 4.69) is 10.0 Å². The smallest absolute Gasteiger partial charge is 0.208 e. The molecule has 0 saturated carbocycles. The van der Waals surface area contributed by atoms with Gasteiger partial charge in [-0.15, -0.1) is 12.4 Å². The van der Waals surface area contributed by atoms with Crippen molar-refractivity contribution in [1.82, 2.24) is 9.62 Å². The molecule has 0 radical (unpaired) electrons. The van der Waals surface area contributed by atoms with E-state index < -0.39 is 15.8 Å². The summed E-state index contributed by atoms with van der Waals surface area (Å²) >= 11 is 0. The average Bonchev–Trinajstić information content (AvgIpc) is 3.17. The number of ether oxygens (including phenoxy) is 3. The van der Waals surface area contributed by atoms with E-state index in [0.717, 1.165) is 11.8 Å². The zero-order valence-electron chi connectivity index (χ0n) is 24.6. The Morgan fingerprint density at radius 1 is 1.10 bits per heavy atom. The lowest BCUT2D eigenvalue weighted by Gasteiger charge is -2.26. The third-order valence-electron chi connectivity index (χ3n) is 6.33. The molecule has 0 unspecified atom stereocenters. The molecule has 0 fully saturated rings. The van der Waals surface area contributed by atoms with Crippen LogP contribution >= 0.6 is 12.4 Å². The van der Waals surface area contributed by atoms with Gasteiger partial charge in [-0.1, -0.05) is 20.8 Å². The van der Waals surface area contributed by atoms with Gasteiger partial charge in [0.05, 0.1) is 44.4 Å². The van der Waals surface area contributed by atoms with Crippen molar-refractivity contribution in [3.63, 3.8) is 0 Å². The molecule has 0 bridgehead atoms. The summed E-state index contributed by atoms with van der Waals surface area (Å²) in [6, 6.07) is 5.10. The van der Waals surface area contributed by atoms with Gasteiger partial charge in [0.1, 0.15) is 11.6 Å². The van der Waals surface area contributed by atoms with Crippen LogP contribution < -0.4 is 24.2 Å². The predicted molar refractivity (Wildman–Crippen MR) is 161 cm³/mol. The fraction of sp³-hybridized carbons (Fsp3) is 0.500. The summed E-state index contributed by atoms with van der Waals surface area (Å²) < 4.78 is 57.5. The van der Waals surface area contributed by atoms with Crippen LogP contribution in [0.3, 0.4) is 0 Å². The molecule has 0 amide bonds. The highest BCUT2D eigenvalue weighted by Crippen LogP contribution is 2.40. The molecular weight excluding hydrogens is 575 g/mol. The molecule has 0 saturated heterocycles. The second kappa shape index (κ2) is 13.7. The number of halogens is 2. The molecule has 2 aromatic rings. The van der Waals surface area contributed by atoms with E-state index in [-0.39, 0.29) is 79.3 Å². The molecule has 3 rings (SSSR count). The number of nitrogens with zero attached hydrogens (tertiary/aromatic N) is 1. The summed E-state index contributed by atoms with van der Waals surface area (Å²) in [6.07, 6.45) is 1.08. The highest BCUT2D eigenvalue weighted by atomic mass is 35.5. The van der Waals surface area contributed by atoms with Crippen LogP contribution in [-0.4, -0.2) is 71.2 Å². The molecule has 13 heteroatoms. The van der Waals surface area contributed by atoms with E-state index in [1.807, 2.05) is 20.8 Å². The first-order valence-electron chi connectivity index (χ1n) is 13.1. The standard InChI is InChI=1S/C28H39FN4O6S.ClH/c1-8-38-22-14-18-15-33(27(30)23(18)24(29)26(22)39-9-2)16-21(34)17-12-19(28(3,4)5)25(37-6)20(13-17)31-10-11-32-40(7,35)36;/h12-14,30-32H,8-11,15-16H2,1-7H3;1H. The molecule has 0 aliphatic carbocycles. The largest absolute Gasteiger partial charge is 0.494 e. The first kappa shape index (κ1) is 34.1. The number of hydrogen-bond donors (Lipinski definition) is 3. The van der Waals surface area contributed by atoms with Crippen LogP contribution in [0.4, 0.5) is 10.1 Å². The number of Topliss-reactive ketones (excluding diaryl/α,β-unsaturated/α-hetero) is 1. The van der Waals surface area contributed by atoms with Gasteiger partial charge in [0, 0.05) is 30.8 Å². The van der Waals surface area contributed by atoms with Crippen LogP contribution in [0.15, 0.2) is 18.2 Å². The highest BCUT2D eigenvalue weighted by Gasteiger charge is 2.33. The van der Waals surface area contributed by atoms with Crippen molar-refractivity contribution < 1.29 is 31.8 Å². The molecule has 1 heterocycles. The minimum atomic E-state index is -3.35. The number of nitrogens with one attached hydrogen (secondary N) is 3. The number of hydrogen-bond acceptors (Lipinski definition) is 8. The molecule has 2 aromatic carbocycles. The fourth-order valence-corrected chi connectivity index (χ4v) is 5.03. The molecule has 1 aliphatic rings. The van der Waals surface area contributed by atoms with Gasteiger partial charge in [-0.05, 0) is 43.0 Å².